The zero-order valence-corrected chi connectivity index (χ0v) is 19.7. The van der Waals surface area contributed by atoms with Gasteiger partial charge in [0.1, 0.15) is 0 Å². The number of hydrogen-bond donors (Lipinski definition) is 0. The number of rotatable bonds is 5. The Morgan fingerprint density at radius 2 is 1.40 bits per heavy atom. The van der Waals surface area contributed by atoms with E-state index in [1.807, 2.05) is 85.8 Å². The molecule has 0 saturated carbocycles. The summed E-state index contributed by atoms with van der Waals surface area (Å²) in [5, 5.41) is 0. The van der Waals surface area contributed by atoms with E-state index in [1.54, 1.807) is 4.90 Å². The van der Waals surface area contributed by atoms with Gasteiger partial charge in [-0.25, -0.2) is 9.97 Å². The summed E-state index contributed by atoms with van der Waals surface area (Å²) < 4.78 is 5.14. The zero-order valence-electron chi connectivity index (χ0n) is 19.7. The average molecular weight is 466 g/mol. The van der Waals surface area contributed by atoms with Crippen molar-refractivity contribution in [2.75, 3.05) is 19.7 Å². The number of fused-ring (bicyclic) bond motifs is 1. The van der Waals surface area contributed by atoms with E-state index in [2.05, 4.69) is 0 Å². The number of benzene rings is 3. The van der Waals surface area contributed by atoms with E-state index in [0.29, 0.717) is 43.6 Å². The summed E-state index contributed by atoms with van der Waals surface area (Å²) in [5.41, 5.74) is 5.54. The third-order valence-corrected chi connectivity index (χ3v) is 6.41. The molecule has 1 aliphatic rings. The molecule has 0 spiro atoms. The van der Waals surface area contributed by atoms with Crippen LogP contribution in [0.4, 0.5) is 0 Å². The van der Waals surface area contributed by atoms with E-state index in [4.69, 9.17) is 14.7 Å². The molecule has 0 atom stereocenters. The largest absolute Gasteiger partial charge is 0.466 e. The van der Waals surface area contributed by atoms with Crippen LogP contribution in [0.15, 0.2) is 78.9 Å². The van der Waals surface area contributed by atoms with Gasteiger partial charge in [0.05, 0.1) is 34.9 Å². The lowest BCUT2D eigenvalue weighted by Gasteiger charge is -2.31. The van der Waals surface area contributed by atoms with E-state index in [9.17, 15) is 9.59 Å². The number of piperidine rings is 1. The lowest BCUT2D eigenvalue weighted by Crippen LogP contribution is -2.40. The molecule has 0 N–H and O–H groups in total. The quantitative estimate of drug-likeness (QED) is 0.370. The Labute approximate surface area is 204 Å². The normalized spacial score (nSPS) is 14.1. The standard InChI is InChI=1S/C29H27N3O3/c1-2-35-29(34)22-15-17-32(18-16-22)28(33)23-13-14-24-25(19-23)31-27(21-11-7-4-8-12-21)26(30-24)20-9-5-3-6-10-20/h3-14,19,22H,2,15-18H2,1H3. The van der Waals surface area contributed by atoms with Crippen molar-refractivity contribution in [2.45, 2.75) is 19.8 Å². The molecule has 0 bridgehead atoms. The fourth-order valence-corrected chi connectivity index (χ4v) is 4.54. The van der Waals surface area contributed by atoms with Gasteiger partial charge in [-0.1, -0.05) is 60.7 Å². The SMILES string of the molecule is CCOC(=O)C1CCN(C(=O)c2ccc3nc(-c4ccccc4)c(-c4ccccc4)nc3c2)CC1. The number of carbonyl (C=O) groups excluding carboxylic acids is 2. The Morgan fingerprint density at radius 1 is 0.829 bits per heavy atom. The van der Waals surface area contributed by atoms with Crippen LogP contribution >= 0.6 is 0 Å². The Balaban J connectivity index is 1.46. The number of aromatic nitrogens is 2. The number of esters is 1. The van der Waals surface area contributed by atoms with Gasteiger partial charge in [0.15, 0.2) is 0 Å². The summed E-state index contributed by atoms with van der Waals surface area (Å²) in [6.45, 7) is 3.26. The molecule has 1 amide bonds. The number of nitrogens with zero attached hydrogens (tertiary/aromatic N) is 3. The van der Waals surface area contributed by atoms with Crippen molar-refractivity contribution in [2.24, 2.45) is 5.92 Å². The highest BCUT2D eigenvalue weighted by atomic mass is 16.5. The van der Waals surface area contributed by atoms with Crippen LogP contribution in [0.5, 0.6) is 0 Å². The Morgan fingerprint density at radius 3 is 1.97 bits per heavy atom. The van der Waals surface area contributed by atoms with Crippen LogP contribution in [0.3, 0.4) is 0 Å². The van der Waals surface area contributed by atoms with Crippen molar-refractivity contribution in [1.29, 1.82) is 0 Å². The molecule has 6 heteroatoms. The van der Waals surface area contributed by atoms with Crippen LogP contribution in [0.1, 0.15) is 30.1 Å². The molecule has 1 fully saturated rings. The topological polar surface area (TPSA) is 72.4 Å². The molecule has 4 aromatic rings. The summed E-state index contributed by atoms with van der Waals surface area (Å²) in [6.07, 6.45) is 1.24. The van der Waals surface area contributed by atoms with Gasteiger partial charge < -0.3 is 9.64 Å². The summed E-state index contributed by atoms with van der Waals surface area (Å²) in [4.78, 5) is 37.0. The van der Waals surface area contributed by atoms with Gasteiger partial charge in [-0.15, -0.1) is 0 Å². The maximum atomic E-state index is 13.3. The molecular weight excluding hydrogens is 438 g/mol. The van der Waals surface area contributed by atoms with Gasteiger partial charge >= 0.3 is 5.97 Å². The number of carbonyl (C=O) groups is 2. The Kier molecular flexibility index (Phi) is 6.53. The van der Waals surface area contributed by atoms with E-state index >= 15 is 0 Å². The zero-order chi connectivity index (χ0) is 24.2. The predicted molar refractivity (Wildman–Crippen MR) is 136 cm³/mol. The van der Waals surface area contributed by atoms with Crippen LogP contribution in [0, 0.1) is 5.92 Å². The fourth-order valence-electron chi connectivity index (χ4n) is 4.54. The molecule has 1 aliphatic heterocycles. The van der Waals surface area contributed by atoms with Gasteiger partial charge in [0.2, 0.25) is 0 Å². The molecule has 5 rings (SSSR count). The van der Waals surface area contributed by atoms with Crippen LogP contribution < -0.4 is 0 Å². The molecule has 176 valence electrons. The highest BCUT2D eigenvalue weighted by molar-refractivity contribution is 5.98. The summed E-state index contributed by atoms with van der Waals surface area (Å²) in [7, 11) is 0. The summed E-state index contributed by atoms with van der Waals surface area (Å²) >= 11 is 0. The molecule has 1 aromatic heterocycles. The highest BCUT2D eigenvalue weighted by Crippen LogP contribution is 2.31. The van der Waals surface area contributed by atoms with Crippen LogP contribution in [0.2, 0.25) is 0 Å². The molecule has 1 saturated heterocycles. The van der Waals surface area contributed by atoms with E-state index in [0.717, 1.165) is 28.0 Å². The van der Waals surface area contributed by atoms with Crippen molar-refractivity contribution in [1.82, 2.24) is 14.9 Å². The second-order valence-electron chi connectivity index (χ2n) is 8.67. The predicted octanol–water partition coefficient (Wildman–Crippen LogP) is 5.38. The summed E-state index contributed by atoms with van der Waals surface area (Å²) in [6, 6.07) is 25.5. The summed E-state index contributed by atoms with van der Waals surface area (Å²) in [5.74, 6) is -0.348. The van der Waals surface area contributed by atoms with E-state index in [-0.39, 0.29) is 17.8 Å². The first-order valence-electron chi connectivity index (χ1n) is 12.0. The molecule has 0 aliphatic carbocycles. The second kappa shape index (κ2) is 10.1. The number of hydrogen-bond acceptors (Lipinski definition) is 5. The first-order valence-corrected chi connectivity index (χ1v) is 12.0. The minimum absolute atomic E-state index is 0.0515. The van der Waals surface area contributed by atoms with Crippen molar-refractivity contribution < 1.29 is 14.3 Å². The maximum absolute atomic E-state index is 13.3. The van der Waals surface area contributed by atoms with Crippen LogP contribution in [0.25, 0.3) is 33.5 Å². The highest BCUT2D eigenvalue weighted by Gasteiger charge is 2.29. The van der Waals surface area contributed by atoms with Gasteiger partial charge in [-0.05, 0) is 38.0 Å². The lowest BCUT2D eigenvalue weighted by atomic mass is 9.96. The van der Waals surface area contributed by atoms with Gasteiger partial charge in [-0.2, -0.15) is 0 Å². The first kappa shape index (κ1) is 22.7. The molecule has 6 nitrogen and oxygen atoms in total. The molecule has 2 heterocycles. The molecule has 0 radical (unpaired) electrons. The van der Waals surface area contributed by atoms with Crippen molar-refractivity contribution in [3.8, 4) is 22.5 Å². The van der Waals surface area contributed by atoms with Crippen LogP contribution in [-0.2, 0) is 9.53 Å². The third kappa shape index (κ3) is 4.78. The van der Waals surface area contributed by atoms with Crippen LogP contribution in [-0.4, -0.2) is 46.4 Å². The molecule has 0 unspecified atom stereocenters. The Bertz CT molecular complexity index is 1350. The number of ether oxygens (including phenoxy) is 1. The van der Waals surface area contributed by atoms with Gasteiger partial charge in [0.25, 0.3) is 5.91 Å². The van der Waals surface area contributed by atoms with Crippen molar-refractivity contribution in [3.05, 3.63) is 84.4 Å². The smallest absolute Gasteiger partial charge is 0.309 e. The van der Waals surface area contributed by atoms with Crippen molar-refractivity contribution >= 4 is 22.9 Å². The van der Waals surface area contributed by atoms with Gasteiger partial charge in [-0.3, -0.25) is 9.59 Å². The monoisotopic (exact) mass is 465 g/mol. The Hall–Kier alpha value is -4.06. The number of likely N-dealkylation sites (tertiary alicyclic amines) is 1. The number of amides is 1. The van der Waals surface area contributed by atoms with Crippen molar-refractivity contribution in [3.63, 3.8) is 0 Å². The minimum atomic E-state index is -0.164. The minimum Gasteiger partial charge on any atom is -0.466 e. The average Bonchev–Trinajstić information content (AvgIpc) is 2.93. The van der Waals surface area contributed by atoms with E-state index < -0.39 is 0 Å². The molecule has 35 heavy (non-hydrogen) atoms. The molecular formula is C29H27N3O3. The second-order valence-corrected chi connectivity index (χ2v) is 8.67. The maximum Gasteiger partial charge on any atom is 0.309 e. The first-order chi connectivity index (χ1) is 17.1. The van der Waals surface area contributed by atoms with Gasteiger partial charge in [0, 0.05) is 29.8 Å². The van der Waals surface area contributed by atoms with E-state index in [1.165, 1.54) is 0 Å². The molecule has 3 aromatic carbocycles. The third-order valence-electron chi connectivity index (χ3n) is 6.41. The fraction of sp³-hybridized carbons (Fsp3) is 0.241. The lowest BCUT2D eigenvalue weighted by molar-refractivity contribution is -0.149.